The van der Waals surface area contributed by atoms with E-state index in [1.54, 1.807) is 24.7 Å². The van der Waals surface area contributed by atoms with Crippen molar-refractivity contribution < 1.29 is 4.39 Å². The molecule has 0 amide bonds. The van der Waals surface area contributed by atoms with Crippen molar-refractivity contribution in [2.75, 3.05) is 0 Å². The van der Waals surface area contributed by atoms with Gasteiger partial charge in [0.1, 0.15) is 5.82 Å². The molecule has 0 spiro atoms. The summed E-state index contributed by atoms with van der Waals surface area (Å²) in [5, 5.41) is 0. The Morgan fingerprint density at radius 1 is 1.24 bits per heavy atom. The maximum Gasteiger partial charge on any atom is 0.146 e. The fraction of sp³-hybridized carbons (Fsp3) is 0.167. The van der Waals surface area contributed by atoms with Gasteiger partial charge in [0.2, 0.25) is 0 Å². The van der Waals surface area contributed by atoms with Crippen molar-refractivity contribution in [1.82, 2.24) is 15.4 Å². The smallest absolute Gasteiger partial charge is 0.146 e. The van der Waals surface area contributed by atoms with Crippen LogP contribution in [-0.4, -0.2) is 9.97 Å². The first kappa shape index (κ1) is 11.6. The van der Waals surface area contributed by atoms with E-state index < -0.39 is 0 Å². The van der Waals surface area contributed by atoms with Gasteiger partial charge in [-0.05, 0) is 36.2 Å². The highest BCUT2D eigenvalue weighted by atomic mass is 19.1. The summed E-state index contributed by atoms with van der Waals surface area (Å²) in [4.78, 5) is 7.94. The lowest BCUT2D eigenvalue weighted by Crippen LogP contribution is -2.31. The molecule has 0 aliphatic carbocycles. The van der Waals surface area contributed by atoms with Gasteiger partial charge < -0.3 is 0 Å². The van der Waals surface area contributed by atoms with Crippen LogP contribution in [0, 0.1) is 5.82 Å². The van der Waals surface area contributed by atoms with Gasteiger partial charge in [0.25, 0.3) is 0 Å². The van der Waals surface area contributed by atoms with Gasteiger partial charge in [-0.15, -0.1) is 0 Å². The predicted molar refractivity (Wildman–Crippen MR) is 62.2 cm³/mol. The quantitative estimate of drug-likeness (QED) is 0.617. The molecule has 0 saturated heterocycles. The van der Waals surface area contributed by atoms with E-state index in [4.69, 9.17) is 5.84 Å². The third kappa shape index (κ3) is 2.83. The fourth-order valence-electron chi connectivity index (χ4n) is 1.64. The number of aromatic nitrogens is 2. The maximum atomic E-state index is 13.6. The van der Waals surface area contributed by atoms with Crippen LogP contribution in [0.5, 0.6) is 0 Å². The number of nitrogens with zero attached hydrogens (tertiary/aromatic N) is 2. The molecule has 0 radical (unpaired) electrons. The number of rotatable bonds is 4. The van der Waals surface area contributed by atoms with Crippen molar-refractivity contribution in [3.8, 4) is 0 Å². The largest absolute Gasteiger partial charge is 0.271 e. The minimum Gasteiger partial charge on any atom is -0.271 e. The van der Waals surface area contributed by atoms with E-state index in [9.17, 15) is 4.39 Å². The van der Waals surface area contributed by atoms with Gasteiger partial charge >= 0.3 is 0 Å². The van der Waals surface area contributed by atoms with Crippen LogP contribution in [0.3, 0.4) is 0 Å². The van der Waals surface area contributed by atoms with E-state index in [-0.39, 0.29) is 11.9 Å². The number of nitrogens with one attached hydrogen (secondary N) is 1. The van der Waals surface area contributed by atoms with E-state index in [1.165, 1.54) is 6.07 Å². The van der Waals surface area contributed by atoms with Crippen LogP contribution < -0.4 is 11.3 Å². The second kappa shape index (κ2) is 5.47. The van der Waals surface area contributed by atoms with Crippen molar-refractivity contribution in [3.05, 3.63) is 59.9 Å². The monoisotopic (exact) mass is 232 g/mol. The first-order valence-electron chi connectivity index (χ1n) is 5.26. The van der Waals surface area contributed by atoms with Crippen molar-refractivity contribution in [1.29, 1.82) is 0 Å². The Hall–Kier alpha value is -1.85. The minimum absolute atomic E-state index is 0.326. The summed E-state index contributed by atoms with van der Waals surface area (Å²) < 4.78 is 13.6. The molecule has 0 aliphatic heterocycles. The molecule has 0 saturated carbocycles. The summed E-state index contributed by atoms with van der Waals surface area (Å²) >= 11 is 0. The molecule has 3 N–H and O–H groups in total. The lowest BCUT2D eigenvalue weighted by molar-refractivity contribution is 0.494. The van der Waals surface area contributed by atoms with E-state index in [0.717, 1.165) is 5.56 Å². The van der Waals surface area contributed by atoms with Gasteiger partial charge in [-0.25, -0.2) is 4.39 Å². The number of hydrazine groups is 1. The molecule has 0 fully saturated rings. The van der Waals surface area contributed by atoms with Gasteiger partial charge in [-0.2, -0.15) is 0 Å². The molecule has 2 heterocycles. The van der Waals surface area contributed by atoms with E-state index in [0.29, 0.717) is 12.1 Å². The Morgan fingerprint density at radius 2 is 2.00 bits per heavy atom. The first-order chi connectivity index (χ1) is 8.31. The van der Waals surface area contributed by atoms with E-state index in [2.05, 4.69) is 15.4 Å². The molecular formula is C12H13FN4. The summed E-state index contributed by atoms with van der Waals surface area (Å²) in [7, 11) is 0. The number of hydrogen-bond acceptors (Lipinski definition) is 4. The zero-order valence-corrected chi connectivity index (χ0v) is 9.18. The number of nitrogens with two attached hydrogens (primary N) is 1. The fourth-order valence-corrected chi connectivity index (χ4v) is 1.64. The van der Waals surface area contributed by atoms with Crippen LogP contribution in [0.25, 0.3) is 0 Å². The second-order valence-electron chi connectivity index (χ2n) is 3.65. The SMILES string of the molecule is NNC(Cc1ccncc1)c1ncccc1F. The molecule has 4 nitrogen and oxygen atoms in total. The Labute approximate surface area is 98.7 Å². The Bertz CT molecular complexity index is 475. The molecule has 0 aromatic carbocycles. The number of pyridine rings is 2. The van der Waals surface area contributed by atoms with Crippen molar-refractivity contribution >= 4 is 0 Å². The first-order valence-corrected chi connectivity index (χ1v) is 5.26. The summed E-state index contributed by atoms with van der Waals surface area (Å²) in [6.45, 7) is 0. The average Bonchev–Trinajstić information content (AvgIpc) is 2.38. The van der Waals surface area contributed by atoms with Gasteiger partial charge in [-0.3, -0.25) is 21.2 Å². The lowest BCUT2D eigenvalue weighted by atomic mass is 10.0. The van der Waals surface area contributed by atoms with Gasteiger partial charge in [-0.1, -0.05) is 0 Å². The van der Waals surface area contributed by atoms with Gasteiger partial charge in [0.05, 0.1) is 11.7 Å². The molecule has 0 aliphatic rings. The molecule has 1 unspecified atom stereocenters. The molecule has 5 heteroatoms. The van der Waals surface area contributed by atoms with Crippen LogP contribution >= 0.6 is 0 Å². The lowest BCUT2D eigenvalue weighted by Gasteiger charge is -2.15. The van der Waals surface area contributed by atoms with Crippen LogP contribution in [0.15, 0.2) is 42.9 Å². The van der Waals surface area contributed by atoms with Crippen LogP contribution in [-0.2, 0) is 6.42 Å². The molecule has 0 bridgehead atoms. The Kier molecular flexibility index (Phi) is 3.74. The third-order valence-corrected chi connectivity index (χ3v) is 2.51. The molecule has 88 valence electrons. The third-order valence-electron chi connectivity index (χ3n) is 2.51. The second-order valence-corrected chi connectivity index (χ2v) is 3.65. The van der Waals surface area contributed by atoms with Gasteiger partial charge in [0.15, 0.2) is 0 Å². The zero-order valence-electron chi connectivity index (χ0n) is 9.18. The normalized spacial score (nSPS) is 12.4. The van der Waals surface area contributed by atoms with E-state index >= 15 is 0 Å². The van der Waals surface area contributed by atoms with Crippen LogP contribution in [0.2, 0.25) is 0 Å². The average molecular weight is 232 g/mol. The highest BCUT2D eigenvalue weighted by Crippen LogP contribution is 2.17. The minimum atomic E-state index is -0.357. The number of hydrogen-bond donors (Lipinski definition) is 2. The molecule has 2 rings (SSSR count). The predicted octanol–water partition coefficient (Wildman–Crippen LogP) is 1.36. The molecule has 2 aromatic heterocycles. The highest BCUT2D eigenvalue weighted by Gasteiger charge is 2.15. The summed E-state index contributed by atoms with van der Waals surface area (Å²) in [6, 6.07) is 6.31. The Morgan fingerprint density at radius 3 is 2.65 bits per heavy atom. The summed E-state index contributed by atoms with van der Waals surface area (Å²) in [5.74, 6) is 5.09. The standard InChI is InChI=1S/C12H13FN4/c13-10-2-1-5-16-12(10)11(17-14)8-9-3-6-15-7-4-9/h1-7,11,17H,8,14H2. The van der Waals surface area contributed by atoms with Crippen LogP contribution in [0.4, 0.5) is 4.39 Å². The van der Waals surface area contributed by atoms with Crippen molar-refractivity contribution in [2.45, 2.75) is 12.5 Å². The summed E-state index contributed by atoms with van der Waals surface area (Å²) in [5.41, 5.74) is 3.93. The molecule has 2 aromatic rings. The number of halogens is 1. The van der Waals surface area contributed by atoms with Crippen molar-refractivity contribution in [2.24, 2.45) is 5.84 Å². The van der Waals surface area contributed by atoms with Gasteiger partial charge in [0, 0.05) is 18.6 Å². The highest BCUT2D eigenvalue weighted by molar-refractivity contribution is 5.17. The molecular weight excluding hydrogens is 219 g/mol. The maximum absolute atomic E-state index is 13.6. The zero-order chi connectivity index (χ0) is 12.1. The molecule has 17 heavy (non-hydrogen) atoms. The van der Waals surface area contributed by atoms with Crippen LogP contribution in [0.1, 0.15) is 17.3 Å². The summed E-state index contributed by atoms with van der Waals surface area (Å²) in [6.07, 6.45) is 5.50. The topological polar surface area (TPSA) is 63.8 Å². The molecule has 1 atom stereocenters. The van der Waals surface area contributed by atoms with Crippen molar-refractivity contribution in [3.63, 3.8) is 0 Å². The van der Waals surface area contributed by atoms with E-state index in [1.807, 2.05) is 12.1 Å². The Balaban J connectivity index is 2.21.